The van der Waals surface area contributed by atoms with Crippen LogP contribution in [0.15, 0.2) is 35.4 Å². The zero-order chi connectivity index (χ0) is 17.8. The number of hydrazone groups is 1. The van der Waals surface area contributed by atoms with Gasteiger partial charge in [-0.15, -0.1) is 11.3 Å². The van der Waals surface area contributed by atoms with E-state index in [2.05, 4.69) is 15.3 Å². The maximum atomic E-state index is 12.5. The minimum atomic E-state index is -2.92. The van der Waals surface area contributed by atoms with Crippen molar-refractivity contribution >= 4 is 23.0 Å². The summed E-state index contributed by atoms with van der Waals surface area (Å²) in [4.78, 5) is 14.2. The summed E-state index contributed by atoms with van der Waals surface area (Å²) in [5, 5.41) is 4.04. The molecule has 0 aliphatic heterocycles. The quantitative estimate of drug-likeness (QED) is 0.632. The largest absolute Gasteiger partial charge is 0.434 e. The highest BCUT2D eigenvalue weighted by Gasteiger charge is 2.17. The van der Waals surface area contributed by atoms with E-state index < -0.39 is 6.61 Å². The van der Waals surface area contributed by atoms with E-state index >= 15 is 0 Å². The molecule has 0 unspecified atom stereocenters. The topological polar surface area (TPSA) is 50.7 Å². The van der Waals surface area contributed by atoms with Crippen LogP contribution in [0.1, 0.15) is 45.4 Å². The van der Waals surface area contributed by atoms with Crippen molar-refractivity contribution in [3.05, 3.63) is 51.2 Å². The number of amides is 1. The highest BCUT2D eigenvalue weighted by Crippen LogP contribution is 2.29. The fraction of sp³-hybridized carbons (Fsp3) is 0.333. The molecule has 1 amide bonds. The molecule has 0 bridgehead atoms. The van der Waals surface area contributed by atoms with E-state index in [1.165, 1.54) is 27.8 Å². The van der Waals surface area contributed by atoms with E-state index in [1.807, 2.05) is 6.07 Å². The fourth-order valence-electron chi connectivity index (χ4n) is 2.82. The van der Waals surface area contributed by atoms with Gasteiger partial charge in [-0.05, 0) is 56.4 Å². The molecule has 3 rings (SSSR count). The van der Waals surface area contributed by atoms with E-state index in [9.17, 15) is 13.6 Å². The van der Waals surface area contributed by atoms with Gasteiger partial charge in [0.1, 0.15) is 5.75 Å². The summed E-state index contributed by atoms with van der Waals surface area (Å²) in [6.07, 6.45) is 4.35. The highest BCUT2D eigenvalue weighted by molar-refractivity contribution is 7.14. The molecule has 132 valence electrons. The van der Waals surface area contributed by atoms with Gasteiger partial charge in [0.05, 0.1) is 10.6 Å². The van der Waals surface area contributed by atoms with Crippen LogP contribution in [0.25, 0.3) is 0 Å². The SMILES string of the molecule is C/C(=N/NC(=O)c1cc2c(s1)CCCC2)c1ccccc1OC(F)F. The van der Waals surface area contributed by atoms with Crippen molar-refractivity contribution in [1.29, 1.82) is 0 Å². The van der Waals surface area contributed by atoms with Gasteiger partial charge >= 0.3 is 6.61 Å². The van der Waals surface area contributed by atoms with Gasteiger partial charge in [-0.1, -0.05) is 12.1 Å². The summed E-state index contributed by atoms with van der Waals surface area (Å²) < 4.78 is 29.5. The lowest BCUT2D eigenvalue weighted by molar-refractivity contribution is -0.0499. The predicted molar refractivity (Wildman–Crippen MR) is 93.7 cm³/mol. The molecule has 7 heteroatoms. The number of thiophene rings is 1. The molecule has 1 aliphatic rings. The Hall–Kier alpha value is -2.28. The van der Waals surface area contributed by atoms with Crippen LogP contribution in [-0.4, -0.2) is 18.2 Å². The van der Waals surface area contributed by atoms with Crippen molar-refractivity contribution in [2.24, 2.45) is 5.10 Å². The monoisotopic (exact) mass is 364 g/mol. The molecule has 1 aliphatic carbocycles. The average molecular weight is 364 g/mol. The third-order valence-corrected chi connectivity index (χ3v) is 5.27. The number of hydrogen-bond acceptors (Lipinski definition) is 4. The van der Waals surface area contributed by atoms with Crippen LogP contribution < -0.4 is 10.2 Å². The molecule has 0 radical (unpaired) electrons. The number of aryl methyl sites for hydroxylation is 2. The molecule has 0 saturated heterocycles. The molecular formula is C18H18F2N2O2S. The van der Waals surface area contributed by atoms with Gasteiger partial charge < -0.3 is 4.74 Å². The zero-order valence-corrected chi connectivity index (χ0v) is 14.5. The Kier molecular flexibility index (Phi) is 5.43. The first-order valence-corrected chi connectivity index (χ1v) is 8.86. The summed E-state index contributed by atoms with van der Waals surface area (Å²) in [7, 11) is 0. The number of hydrogen-bond donors (Lipinski definition) is 1. The van der Waals surface area contributed by atoms with Gasteiger partial charge in [0.25, 0.3) is 5.91 Å². The number of rotatable bonds is 5. The molecular weight excluding hydrogens is 346 g/mol. The number of ether oxygens (including phenoxy) is 1. The Morgan fingerprint density at radius 2 is 2.04 bits per heavy atom. The van der Waals surface area contributed by atoms with Crippen LogP contribution in [0, 0.1) is 0 Å². The Morgan fingerprint density at radius 1 is 1.28 bits per heavy atom. The van der Waals surface area contributed by atoms with E-state index in [4.69, 9.17) is 0 Å². The standard InChI is InChI=1S/C18H18F2N2O2S/c1-11(13-7-3-4-8-14(13)24-18(19)20)21-22-17(23)16-10-12-6-2-5-9-15(12)25-16/h3-4,7-8,10,18H,2,5-6,9H2,1H3,(H,22,23)/b21-11-. The molecule has 4 nitrogen and oxygen atoms in total. The molecule has 25 heavy (non-hydrogen) atoms. The average Bonchev–Trinajstić information content (AvgIpc) is 3.03. The van der Waals surface area contributed by atoms with Gasteiger partial charge in [-0.2, -0.15) is 13.9 Å². The van der Waals surface area contributed by atoms with Crippen molar-refractivity contribution in [1.82, 2.24) is 5.43 Å². The maximum absolute atomic E-state index is 12.5. The van der Waals surface area contributed by atoms with Crippen LogP contribution in [0.4, 0.5) is 8.78 Å². The number of nitrogens with zero attached hydrogens (tertiary/aromatic N) is 1. The molecule has 0 atom stereocenters. The first kappa shape index (κ1) is 17.5. The van der Waals surface area contributed by atoms with Crippen LogP contribution in [0.2, 0.25) is 0 Å². The summed E-state index contributed by atoms with van der Waals surface area (Å²) >= 11 is 1.50. The zero-order valence-electron chi connectivity index (χ0n) is 13.7. The minimum Gasteiger partial charge on any atom is -0.434 e. The molecule has 1 aromatic carbocycles. The number of fused-ring (bicyclic) bond motifs is 1. The van der Waals surface area contributed by atoms with E-state index in [0.29, 0.717) is 16.2 Å². The number of halogens is 2. The first-order chi connectivity index (χ1) is 12.0. The highest BCUT2D eigenvalue weighted by atomic mass is 32.1. The number of para-hydroxylation sites is 1. The smallest absolute Gasteiger partial charge is 0.387 e. The third kappa shape index (κ3) is 4.22. The number of carbonyl (C=O) groups is 1. The molecule has 2 aromatic rings. The van der Waals surface area contributed by atoms with Crippen molar-refractivity contribution in [2.45, 2.75) is 39.2 Å². The minimum absolute atomic E-state index is 0.0274. The summed E-state index contributed by atoms with van der Waals surface area (Å²) in [6.45, 7) is -1.28. The summed E-state index contributed by atoms with van der Waals surface area (Å²) in [5.74, 6) is -0.259. The maximum Gasteiger partial charge on any atom is 0.387 e. The summed E-state index contributed by atoms with van der Waals surface area (Å²) in [5.41, 5.74) is 4.56. The second-order valence-electron chi connectivity index (χ2n) is 5.78. The van der Waals surface area contributed by atoms with Gasteiger partial charge in [0.15, 0.2) is 0 Å². The van der Waals surface area contributed by atoms with Gasteiger partial charge in [-0.25, -0.2) is 5.43 Å². The molecule has 1 N–H and O–H groups in total. The molecule has 0 spiro atoms. The molecule has 0 fully saturated rings. The van der Waals surface area contributed by atoms with E-state index in [-0.39, 0.29) is 11.7 Å². The number of benzene rings is 1. The second-order valence-corrected chi connectivity index (χ2v) is 6.92. The van der Waals surface area contributed by atoms with Crippen molar-refractivity contribution in [2.75, 3.05) is 0 Å². The first-order valence-electron chi connectivity index (χ1n) is 8.05. The fourth-order valence-corrected chi connectivity index (χ4v) is 3.96. The van der Waals surface area contributed by atoms with Crippen LogP contribution >= 0.6 is 11.3 Å². The van der Waals surface area contributed by atoms with Gasteiger partial charge in [0.2, 0.25) is 0 Å². The number of carbonyl (C=O) groups excluding carboxylic acids is 1. The second kappa shape index (κ2) is 7.74. The molecule has 0 saturated carbocycles. The van der Waals surface area contributed by atoms with Crippen molar-refractivity contribution in [3.63, 3.8) is 0 Å². The van der Waals surface area contributed by atoms with E-state index in [0.717, 1.165) is 25.7 Å². The van der Waals surface area contributed by atoms with E-state index in [1.54, 1.807) is 25.1 Å². The normalized spacial score (nSPS) is 14.3. The van der Waals surface area contributed by atoms with Crippen LogP contribution in [-0.2, 0) is 12.8 Å². The number of alkyl halides is 2. The Labute approximate surface area is 148 Å². The molecule has 1 aromatic heterocycles. The molecule has 1 heterocycles. The lowest BCUT2D eigenvalue weighted by Gasteiger charge is -2.10. The lowest BCUT2D eigenvalue weighted by Crippen LogP contribution is -2.18. The van der Waals surface area contributed by atoms with Crippen LogP contribution in [0.5, 0.6) is 5.75 Å². The van der Waals surface area contributed by atoms with Gasteiger partial charge in [0, 0.05) is 10.4 Å². The third-order valence-electron chi connectivity index (χ3n) is 4.04. The Bertz CT molecular complexity index is 779. The lowest BCUT2D eigenvalue weighted by atomic mass is 9.99. The number of nitrogens with one attached hydrogen (secondary N) is 1. The Balaban J connectivity index is 1.73. The van der Waals surface area contributed by atoms with Gasteiger partial charge in [-0.3, -0.25) is 4.79 Å². The van der Waals surface area contributed by atoms with Crippen molar-refractivity contribution in [3.8, 4) is 5.75 Å². The Morgan fingerprint density at radius 3 is 2.80 bits per heavy atom. The predicted octanol–water partition coefficient (Wildman–Crippen LogP) is 4.38. The summed E-state index contributed by atoms with van der Waals surface area (Å²) in [6, 6.07) is 8.28. The van der Waals surface area contributed by atoms with Crippen molar-refractivity contribution < 1.29 is 18.3 Å². The van der Waals surface area contributed by atoms with Crippen LogP contribution in [0.3, 0.4) is 0 Å².